The van der Waals surface area contributed by atoms with Gasteiger partial charge in [-0.2, -0.15) is 4.98 Å². The summed E-state index contributed by atoms with van der Waals surface area (Å²) in [7, 11) is 0. The number of nitrogens with one attached hydrogen (secondary N) is 3. The standard InChI is InChI=1S/C36H47N5O4.C21H24N2O3.C8H11N3O3S/c1-36(2,3)39-35(45)31-24-40(22-26-12-9-15-37-21-26)16-17-41(31)23-29(42)19-28(18-25-10-5-4-6-11-25)34(44)38-33-30-14-8-7-13-27(30)20-32(33)43;1-4-17-18(19(24)16-10-13(2)9-14(3)11-16)23(21(26)22-20(17)25)12-15-7-5-6-8-15;9-5-1-2-11(8(13)10-5)6-4-15-7(3-12)14-6/h4-15,21,28-29,31-33,42-43H,16-20,22-24H2,1-3H3,(H,38,44)(H,39,45);5-6,9-11,15H,4,7-8,12H2,1-3H3,(H,22,25,26);1-2,6-7,12H,3-4H2,(H2,9,10,13)/t28-,29-,31-,32+,33-;;6-,7-/m0.1/s1. The Morgan fingerprint density at radius 1 is 0.930 bits per heavy atom. The topological polar surface area (TPSA) is 280 Å². The maximum absolute atomic E-state index is 13.8. The Morgan fingerprint density at radius 3 is 2.30 bits per heavy atom. The summed E-state index contributed by atoms with van der Waals surface area (Å²) >= 11 is 1.47. The number of piperazine rings is 1. The highest BCUT2D eigenvalue weighted by Crippen LogP contribution is 2.33. The molecule has 21 heteroatoms. The van der Waals surface area contributed by atoms with Gasteiger partial charge < -0.3 is 36.4 Å². The highest BCUT2D eigenvalue weighted by Gasteiger charge is 2.38. The summed E-state index contributed by atoms with van der Waals surface area (Å²) in [6, 6.07) is 27.8. The fraction of sp³-hybridized carbons (Fsp3) is 0.446. The van der Waals surface area contributed by atoms with Gasteiger partial charge in [0, 0.05) is 92.6 Å². The Bertz CT molecular complexity index is 3470. The van der Waals surface area contributed by atoms with Crippen LogP contribution < -0.4 is 33.3 Å². The number of anilines is 1. The lowest BCUT2D eigenvalue weighted by molar-refractivity contribution is -0.132. The minimum absolute atomic E-state index is 0.0572. The number of amides is 2. The molecule has 0 unspecified atom stereocenters. The van der Waals surface area contributed by atoms with Gasteiger partial charge >= 0.3 is 11.4 Å². The molecular formula is C65H82N10O10S. The quantitative estimate of drug-likeness (QED) is 0.0431. The van der Waals surface area contributed by atoms with Crippen LogP contribution in [0.2, 0.25) is 0 Å². The van der Waals surface area contributed by atoms with Crippen molar-refractivity contribution in [2.24, 2.45) is 11.8 Å². The third-order valence-corrected chi connectivity index (χ3v) is 16.8. The Hall–Kier alpha value is -7.37. The van der Waals surface area contributed by atoms with Gasteiger partial charge in [0.25, 0.3) is 5.56 Å². The molecular weight excluding hydrogens is 1110 g/mol. The zero-order chi connectivity index (χ0) is 61.7. The van der Waals surface area contributed by atoms with Crippen molar-refractivity contribution in [3.63, 3.8) is 0 Å². The van der Waals surface area contributed by atoms with E-state index in [1.807, 2.05) is 133 Å². The van der Waals surface area contributed by atoms with Gasteiger partial charge in [-0.25, -0.2) is 9.59 Å². The molecule has 2 aliphatic carbocycles. The Kier molecular flexibility index (Phi) is 22.4. The highest BCUT2D eigenvalue weighted by molar-refractivity contribution is 8.00. The molecule has 5 heterocycles. The molecule has 4 aliphatic rings. The highest BCUT2D eigenvalue weighted by atomic mass is 32.2. The Balaban J connectivity index is 0.000000195. The molecule has 6 aromatic rings. The number of hydrogen-bond donors (Lipinski definition) is 7. The number of carbonyl (C=O) groups is 3. The van der Waals surface area contributed by atoms with Gasteiger partial charge in [0.15, 0.2) is 0 Å². The van der Waals surface area contributed by atoms with Crippen LogP contribution in [0.1, 0.15) is 114 Å². The van der Waals surface area contributed by atoms with Crippen molar-refractivity contribution in [2.45, 2.75) is 135 Å². The smallest absolute Gasteiger partial charge is 0.351 e. The van der Waals surface area contributed by atoms with E-state index in [1.165, 1.54) is 20.9 Å². The van der Waals surface area contributed by atoms with Crippen molar-refractivity contribution >= 4 is 35.2 Å². The predicted molar refractivity (Wildman–Crippen MR) is 332 cm³/mol. The molecule has 20 nitrogen and oxygen atoms in total. The number of nitrogen functional groups attached to an aromatic ring is 1. The number of aromatic amines is 1. The van der Waals surface area contributed by atoms with Gasteiger partial charge in [0.1, 0.15) is 29.2 Å². The molecule has 2 aliphatic heterocycles. The molecule has 2 saturated heterocycles. The fourth-order valence-corrected chi connectivity index (χ4v) is 12.5. The summed E-state index contributed by atoms with van der Waals surface area (Å²) < 4.78 is 8.26. The number of aliphatic hydroxyl groups is 3. The van der Waals surface area contributed by atoms with Crippen molar-refractivity contribution in [2.75, 3.05) is 44.3 Å². The summed E-state index contributed by atoms with van der Waals surface area (Å²) in [4.78, 5) is 91.5. The first-order valence-electron chi connectivity index (χ1n) is 29.5. The minimum atomic E-state index is -0.833. The van der Waals surface area contributed by atoms with Crippen molar-refractivity contribution in [3.05, 3.63) is 203 Å². The van der Waals surface area contributed by atoms with E-state index in [1.54, 1.807) is 18.5 Å². The average Bonchev–Trinajstić information content (AvgIpc) is 1.72. The second-order valence-corrected chi connectivity index (χ2v) is 24.9. The lowest BCUT2D eigenvalue weighted by Gasteiger charge is -2.42. The lowest BCUT2D eigenvalue weighted by Crippen LogP contribution is -2.61. The molecule has 0 spiro atoms. The monoisotopic (exact) mass is 1190 g/mol. The molecule has 2 fully saturated rings. The lowest BCUT2D eigenvalue weighted by atomic mass is 9.91. The number of pyridine rings is 1. The largest absolute Gasteiger partial charge is 0.393 e. The first kappa shape index (κ1) is 64.6. The molecule has 7 atom stereocenters. The molecule has 3 aromatic heterocycles. The fourth-order valence-electron chi connectivity index (χ4n) is 11.6. The van der Waals surface area contributed by atoms with Gasteiger partial charge in [-0.15, -0.1) is 11.8 Å². The van der Waals surface area contributed by atoms with E-state index in [2.05, 4.69) is 47.5 Å². The molecule has 0 bridgehead atoms. The van der Waals surface area contributed by atoms with E-state index >= 15 is 0 Å². The number of thioether (sulfide) groups is 1. The molecule has 0 radical (unpaired) electrons. The van der Waals surface area contributed by atoms with Crippen LogP contribution in [0, 0.1) is 25.7 Å². The van der Waals surface area contributed by atoms with Crippen LogP contribution in [0.4, 0.5) is 5.82 Å². The molecule has 10 rings (SSSR count). The third kappa shape index (κ3) is 17.4. The van der Waals surface area contributed by atoms with E-state index in [9.17, 15) is 39.0 Å². The molecule has 8 N–H and O–H groups in total. The average molecular weight is 1200 g/mol. The van der Waals surface area contributed by atoms with Crippen LogP contribution in [0.25, 0.3) is 0 Å². The number of fused-ring (bicyclic) bond motifs is 1. The van der Waals surface area contributed by atoms with Crippen LogP contribution >= 0.6 is 11.8 Å². The Labute approximate surface area is 505 Å². The van der Waals surface area contributed by atoms with Crippen molar-refractivity contribution in [1.82, 2.24) is 44.5 Å². The van der Waals surface area contributed by atoms with Crippen LogP contribution in [0.15, 0.2) is 136 Å². The molecule has 3 aromatic carbocycles. The number of nitrogens with zero attached hydrogens (tertiary/aromatic N) is 6. The zero-order valence-electron chi connectivity index (χ0n) is 49.9. The summed E-state index contributed by atoms with van der Waals surface area (Å²) in [5.41, 5.74) is 10.5. The second-order valence-electron chi connectivity index (χ2n) is 23.7. The molecule has 86 heavy (non-hydrogen) atoms. The van der Waals surface area contributed by atoms with Crippen LogP contribution in [-0.2, 0) is 46.7 Å². The first-order valence-corrected chi connectivity index (χ1v) is 30.5. The number of aliphatic hydroxyl groups excluding tert-OH is 3. The van der Waals surface area contributed by atoms with Crippen molar-refractivity contribution < 1.29 is 34.4 Å². The van der Waals surface area contributed by atoms with E-state index in [0.717, 1.165) is 52.8 Å². The minimum Gasteiger partial charge on any atom is -0.393 e. The van der Waals surface area contributed by atoms with E-state index < -0.39 is 52.7 Å². The number of aromatic nitrogens is 5. The van der Waals surface area contributed by atoms with Gasteiger partial charge in [-0.1, -0.05) is 96.9 Å². The van der Waals surface area contributed by atoms with Gasteiger partial charge in [0.05, 0.1) is 24.9 Å². The van der Waals surface area contributed by atoms with E-state index in [0.29, 0.717) is 62.3 Å². The molecule has 2 amide bonds. The van der Waals surface area contributed by atoms with Crippen LogP contribution in [0.3, 0.4) is 0 Å². The van der Waals surface area contributed by atoms with Gasteiger partial charge in [0.2, 0.25) is 17.6 Å². The normalized spacial score (nSPS) is 20.2. The molecule has 458 valence electrons. The van der Waals surface area contributed by atoms with E-state index in [-0.39, 0.29) is 66.3 Å². The Morgan fingerprint density at radius 2 is 1.64 bits per heavy atom. The zero-order valence-corrected chi connectivity index (χ0v) is 50.8. The summed E-state index contributed by atoms with van der Waals surface area (Å²) in [5, 5.41) is 37.4. The first-order chi connectivity index (χ1) is 41.2. The summed E-state index contributed by atoms with van der Waals surface area (Å²) in [6.45, 7) is 14.8. The number of H-pyrrole nitrogens is 1. The number of carbonyl (C=O) groups excluding carboxylic acids is 3. The van der Waals surface area contributed by atoms with Crippen molar-refractivity contribution in [3.8, 4) is 0 Å². The maximum atomic E-state index is 13.8. The van der Waals surface area contributed by atoms with Gasteiger partial charge in [-0.05, 0) is 119 Å². The number of rotatable bonds is 18. The number of β-amino-alcohol motifs (C(OH)–C–C–N with tert-alkyl or cyclic N) is 1. The van der Waals surface area contributed by atoms with E-state index in [4.69, 9.17) is 15.6 Å². The van der Waals surface area contributed by atoms with Crippen LogP contribution in [-0.4, -0.2) is 135 Å². The maximum Gasteiger partial charge on any atom is 0.351 e. The number of ketones is 1. The summed E-state index contributed by atoms with van der Waals surface area (Å²) in [6.07, 6.45) is 10.8. The number of ether oxygens (including phenoxy) is 1. The number of aryl methyl sites for hydroxylation is 2. The number of allylic oxidation sites excluding steroid dienone is 2. The molecule has 0 saturated carbocycles. The second kappa shape index (κ2) is 29.8. The van der Waals surface area contributed by atoms with Crippen molar-refractivity contribution in [1.29, 1.82) is 0 Å². The van der Waals surface area contributed by atoms with Gasteiger partial charge in [-0.3, -0.25) is 48.1 Å². The number of hydrogen-bond acceptors (Lipinski definition) is 16. The SMILES string of the molecule is CC(C)(C)NC(=O)[C@@H]1CN(Cc2cccnc2)CCN1C[C@@H](O)C[C@H](Cc1ccccc1)C(=O)N[C@H]1c2ccccc2C[C@H]1O.CCc1c(C(=O)c2cc(C)cc(C)c2)n(CC2CC=CC2)c(=O)[nH]c1=O.Nc1ccn([C@H]2CS[C@H](CO)O2)c(=O)n1. The number of benzene rings is 3. The third-order valence-electron chi connectivity index (χ3n) is 15.6. The summed E-state index contributed by atoms with van der Waals surface area (Å²) in [5.74, 6) is 0.0464. The van der Waals surface area contributed by atoms with Crippen LogP contribution in [0.5, 0.6) is 0 Å². The number of nitrogens with two attached hydrogens (primary N) is 1. The predicted octanol–water partition coefficient (Wildman–Crippen LogP) is 5.19.